The fourth-order valence-corrected chi connectivity index (χ4v) is 1.86. The zero-order chi connectivity index (χ0) is 11.8. The number of ketones is 1. The van der Waals surface area contributed by atoms with Gasteiger partial charge in [0.2, 0.25) is 5.89 Å². The second-order valence-electron chi connectivity index (χ2n) is 4.40. The molecule has 0 radical (unpaired) electrons. The predicted molar refractivity (Wildman–Crippen MR) is 59.8 cm³/mol. The quantitative estimate of drug-likeness (QED) is 0.755. The highest BCUT2D eigenvalue weighted by molar-refractivity contribution is 5.92. The van der Waals surface area contributed by atoms with E-state index in [1.807, 2.05) is 16.8 Å². The van der Waals surface area contributed by atoms with Crippen LogP contribution in [-0.2, 0) is 6.54 Å². The highest BCUT2D eigenvalue weighted by Gasteiger charge is 2.28. The van der Waals surface area contributed by atoms with Crippen LogP contribution in [0.4, 0.5) is 0 Å². The van der Waals surface area contributed by atoms with E-state index < -0.39 is 0 Å². The van der Waals surface area contributed by atoms with Gasteiger partial charge in [0, 0.05) is 19.0 Å². The van der Waals surface area contributed by atoms with Gasteiger partial charge in [0.1, 0.15) is 6.54 Å². The molecule has 0 amide bonds. The minimum Gasteiger partial charge on any atom is -0.337 e. The maximum Gasteiger partial charge on any atom is 0.246 e. The lowest BCUT2D eigenvalue weighted by Crippen LogP contribution is -2.06. The summed E-state index contributed by atoms with van der Waals surface area (Å²) in [5.74, 6) is 1.89. The summed E-state index contributed by atoms with van der Waals surface area (Å²) in [7, 11) is 0. The van der Waals surface area contributed by atoms with E-state index in [0.717, 1.165) is 18.7 Å². The summed E-state index contributed by atoms with van der Waals surface area (Å²) < 4.78 is 7.01. The predicted octanol–water partition coefficient (Wildman–Crippen LogP) is 2.00. The average Bonchev–Trinajstić information content (AvgIpc) is 2.87. The summed E-state index contributed by atoms with van der Waals surface area (Å²) in [6, 6.07) is 3.63. The van der Waals surface area contributed by atoms with Crippen LogP contribution in [0, 0.1) is 0 Å². The molecule has 5 nitrogen and oxygen atoms in total. The maximum atomic E-state index is 11.4. The van der Waals surface area contributed by atoms with Crippen molar-refractivity contribution in [2.24, 2.45) is 0 Å². The van der Waals surface area contributed by atoms with Crippen molar-refractivity contribution < 1.29 is 9.32 Å². The molecule has 0 saturated heterocycles. The molecule has 0 bridgehead atoms. The number of Topliss-reactive ketones (excluding diaryl/α,β-unsaturated/α-hetero) is 1. The lowest BCUT2D eigenvalue weighted by molar-refractivity contribution is 0.100. The van der Waals surface area contributed by atoms with E-state index in [-0.39, 0.29) is 5.78 Å². The fraction of sp³-hybridized carbons (Fsp3) is 0.417. The van der Waals surface area contributed by atoms with Gasteiger partial charge in [-0.2, -0.15) is 4.98 Å². The van der Waals surface area contributed by atoms with Crippen molar-refractivity contribution >= 4 is 5.78 Å². The van der Waals surface area contributed by atoms with Crippen LogP contribution in [0.25, 0.3) is 0 Å². The molecule has 5 heteroatoms. The second-order valence-corrected chi connectivity index (χ2v) is 4.40. The van der Waals surface area contributed by atoms with Crippen molar-refractivity contribution in [1.82, 2.24) is 14.7 Å². The number of hydrogen-bond donors (Lipinski definition) is 0. The third-order valence-electron chi connectivity index (χ3n) is 2.92. The molecule has 3 rings (SSSR count). The zero-order valence-corrected chi connectivity index (χ0v) is 9.59. The SMILES string of the molecule is CC(=O)c1cccn1Cc1nc(C2CC2)no1. The van der Waals surface area contributed by atoms with Crippen molar-refractivity contribution in [1.29, 1.82) is 0 Å². The maximum absolute atomic E-state index is 11.4. The van der Waals surface area contributed by atoms with Crippen LogP contribution < -0.4 is 0 Å². The molecule has 0 N–H and O–H groups in total. The summed E-state index contributed by atoms with van der Waals surface area (Å²) in [5.41, 5.74) is 0.663. The largest absolute Gasteiger partial charge is 0.337 e. The number of rotatable bonds is 4. The zero-order valence-electron chi connectivity index (χ0n) is 9.59. The van der Waals surface area contributed by atoms with Gasteiger partial charge in [-0.15, -0.1) is 0 Å². The minimum atomic E-state index is 0.0388. The molecule has 1 saturated carbocycles. The van der Waals surface area contributed by atoms with E-state index in [0.29, 0.717) is 24.0 Å². The van der Waals surface area contributed by atoms with Crippen LogP contribution in [0.1, 0.15) is 47.9 Å². The van der Waals surface area contributed by atoms with Crippen molar-refractivity contribution in [3.63, 3.8) is 0 Å². The van der Waals surface area contributed by atoms with Gasteiger partial charge in [-0.1, -0.05) is 5.16 Å². The fourth-order valence-electron chi connectivity index (χ4n) is 1.86. The monoisotopic (exact) mass is 231 g/mol. The molecule has 1 aliphatic rings. The van der Waals surface area contributed by atoms with Gasteiger partial charge in [0.15, 0.2) is 11.6 Å². The molecular formula is C12H13N3O2. The van der Waals surface area contributed by atoms with Gasteiger partial charge in [-0.25, -0.2) is 0 Å². The number of nitrogens with zero attached hydrogens (tertiary/aromatic N) is 3. The molecule has 1 fully saturated rings. The lowest BCUT2D eigenvalue weighted by atomic mass is 10.3. The Bertz CT molecular complexity index is 552. The Morgan fingerprint density at radius 3 is 3.12 bits per heavy atom. The number of hydrogen-bond acceptors (Lipinski definition) is 4. The third kappa shape index (κ3) is 2.00. The van der Waals surface area contributed by atoms with Gasteiger partial charge in [-0.05, 0) is 25.0 Å². The van der Waals surface area contributed by atoms with Crippen molar-refractivity contribution in [3.8, 4) is 0 Å². The normalized spacial score (nSPS) is 15.1. The number of carbonyl (C=O) groups excluding carboxylic acids is 1. The van der Waals surface area contributed by atoms with Crippen molar-refractivity contribution in [2.45, 2.75) is 32.2 Å². The molecule has 88 valence electrons. The van der Waals surface area contributed by atoms with Gasteiger partial charge in [0.05, 0.1) is 5.69 Å². The van der Waals surface area contributed by atoms with E-state index in [1.54, 1.807) is 13.0 Å². The first-order chi connectivity index (χ1) is 8.24. The Balaban J connectivity index is 1.80. The molecular weight excluding hydrogens is 218 g/mol. The minimum absolute atomic E-state index is 0.0388. The average molecular weight is 231 g/mol. The third-order valence-corrected chi connectivity index (χ3v) is 2.92. The first kappa shape index (κ1) is 10.3. The number of carbonyl (C=O) groups is 1. The van der Waals surface area contributed by atoms with Crippen molar-refractivity contribution in [2.75, 3.05) is 0 Å². The molecule has 1 aliphatic carbocycles. The summed E-state index contributed by atoms with van der Waals surface area (Å²) >= 11 is 0. The van der Waals surface area contributed by atoms with Gasteiger partial charge in [-0.3, -0.25) is 4.79 Å². The molecule has 2 heterocycles. The molecule has 2 aromatic rings. The van der Waals surface area contributed by atoms with E-state index in [4.69, 9.17) is 4.52 Å². The molecule has 0 aromatic carbocycles. The van der Waals surface area contributed by atoms with E-state index in [9.17, 15) is 4.79 Å². The Kier molecular flexibility index (Phi) is 2.31. The number of aromatic nitrogens is 3. The van der Waals surface area contributed by atoms with Gasteiger partial charge < -0.3 is 9.09 Å². The van der Waals surface area contributed by atoms with E-state index >= 15 is 0 Å². The summed E-state index contributed by atoms with van der Waals surface area (Å²) in [6.07, 6.45) is 4.15. The molecule has 0 unspecified atom stereocenters. The van der Waals surface area contributed by atoms with Gasteiger partial charge in [0.25, 0.3) is 0 Å². The summed E-state index contributed by atoms with van der Waals surface area (Å²) in [5, 5.41) is 3.95. The molecule has 0 spiro atoms. The summed E-state index contributed by atoms with van der Waals surface area (Å²) in [4.78, 5) is 15.7. The van der Waals surface area contributed by atoms with Crippen LogP contribution >= 0.6 is 0 Å². The molecule has 0 aliphatic heterocycles. The highest BCUT2D eigenvalue weighted by atomic mass is 16.5. The smallest absolute Gasteiger partial charge is 0.246 e. The Morgan fingerprint density at radius 2 is 2.41 bits per heavy atom. The first-order valence-corrected chi connectivity index (χ1v) is 5.72. The Labute approximate surface area is 98.4 Å². The Hall–Kier alpha value is -1.91. The van der Waals surface area contributed by atoms with Crippen LogP contribution in [0.2, 0.25) is 0 Å². The highest BCUT2D eigenvalue weighted by Crippen LogP contribution is 2.38. The topological polar surface area (TPSA) is 60.9 Å². The Morgan fingerprint density at radius 1 is 1.59 bits per heavy atom. The van der Waals surface area contributed by atoms with E-state index in [1.165, 1.54) is 0 Å². The van der Waals surface area contributed by atoms with Crippen LogP contribution in [-0.4, -0.2) is 20.5 Å². The summed E-state index contributed by atoms with van der Waals surface area (Å²) in [6.45, 7) is 2.01. The van der Waals surface area contributed by atoms with E-state index in [2.05, 4.69) is 10.1 Å². The lowest BCUT2D eigenvalue weighted by Gasteiger charge is -2.02. The van der Waals surface area contributed by atoms with Crippen LogP contribution in [0.3, 0.4) is 0 Å². The van der Waals surface area contributed by atoms with Gasteiger partial charge >= 0.3 is 0 Å². The molecule has 2 aromatic heterocycles. The molecule has 0 atom stereocenters. The molecule has 17 heavy (non-hydrogen) atoms. The van der Waals surface area contributed by atoms with Crippen LogP contribution in [0.5, 0.6) is 0 Å². The van der Waals surface area contributed by atoms with Crippen molar-refractivity contribution in [3.05, 3.63) is 35.7 Å². The standard InChI is InChI=1S/C12H13N3O2/c1-8(16)10-3-2-6-15(10)7-11-13-12(14-17-11)9-4-5-9/h2-3,6,9H,4-5,7H2,1H3. The first-order valence-electron chi connectivity index (χ1n) is 5.72. The second kappa shape index (κ2) is 3.84. The van der Waals surface area contributed by atoms with Crippen LogP contribution in [0.15, 0.2) is 22.9 Å².